The van der Waals surface area contributed by atoms with Crippen LogP contribution in [0.15, 0.2) is 30.6 Å². The first kappa shape index (κ1) is 24.8. The van der Waals surface area contributed by atoms with Crippen LogP contribution in [0.4, 0.5) is 16.4 Å². The van der Waals surface area contributed by atoms with Crippen molar-refractivity contribution in [2.24, 2.45) is 0 Å². The number of aromatic nitrogens is 2. The molecule has 0 saturated carbocycles. The van der Waals surface area contributed by atoms with E-state index in [0.717, 1.165) is 42.8 Å². The van der Waals surface area contributed by atoms with Gasteiger partial charge < -0.3 is 19.9 Å². The topological polar surface area (TPSA) is 99.7 Å². The molecule has 2 bridgehead atoms. The monoisotopic (exact) mass is 512 g/mol. The van der Waals surface area contributed by atoms with E-state index >= 15 is 0 Å². The smallest absolute Gasteiger partial charge is 0.413 e. The summed E-state index contributed by atoms with van der Waals surface area (Å²) in [4.78, 5) is 38.9. The zero-order chi connectivity index (χ0) is 25.4. The van der Waals surface area contributed by atoms with Gasteiger partial charge in [0.05, 0.1) is 11.5 Å². The Hall–Kier alpha value is -2.91. The highest BCUT2D eigenvalue weighted by atomic mass is 35.5. The number of amides is 2. The zero-order valence-electron chi connectivity index (χ0n) is 20.9. The van der Waals surface area contributed by atoms with Gasteiger partial charge in [-0.1, -0.05) is 37.6 Å². The summed E-state index contributed by atoms with van der Waals surface area (Å²) in [5.74, 6) is 1.23. The van der Waals surface area contributed by atoms with Crippen molar-refractivity contribution in [2.45, 2.75) is 70.2 Å². The number of benzene rings is 1. The lowest BCUT2D eigenvalue weighted by Crippen LogP contribution is -2.57. The Bertz CT molecular complexity index is 1110. The molecule has 2 saturated heterocycles. The average molecular weight is 513 g/mol. The summed E-state index contributed by atoms with van der Waals surface area (Å²) in [7, 11) is 0. The van der Waals surface area contributed by atoms with Crippen LogP contribution in [0.2, 0.25) is 5.02 Å². The Morgan fingerprint density at radius 3 is 2.56 bits per heavy atom. The van der Waals surface area contributed by atoms with Crippen LogP contribution >= 0.6 is 11.6 Å². The second-order valence-corrected chi connectivity index (χ2v) is 10.6. The van der Waals surface area contributed by atoms with E-state index in [2.05, 4.69) is 39.3 Å². The highest BCUT2D eigenvalue weighted by Crippen LogP contribution is 2.42. The molecule has 2 unspecified atom stereocenters. The minimum atomic E-state index is -0.502. The Morgan fingerprint density at radius 1 is 1.19 bits per heavy atom. The van der Waals surface area contributed by atoms with Gasteiger partial charge in [-0.15, -0.1) is 0 Å². The Morgan fingerprint density at radius 2 is 1.89 bits per heavy atom. The van der Waals surface area contributed by atoms with E-state index < -0.39 is 12.2 Å². The Balaban J connectivity index is 1.36. The predicted octanol–water partition coefficient (Wildman–Crippen LogP) is 4.10. The standard InChI is InChI=1S/C26H33ClN6O3/c1-15(2)28-11-10-21(17-4-6-18(27)7-5-17)25(34)32-12-19-8-9-20(13-32)33(19)24-22-16(3)36-26(35)31-23(22)29-14-30-24/h4-7,14-16,19-21,28H,8-13H2,1-3H3,(H,29,30,31,35)/t16-,19?,20?,21+/m0/s1. The first-order valence-corrected chi connectivity index (χ1v) is 13.1. The van der Waals surface area contributed by atoms with Crippen LogP contribution in [0, 0.1) is 0 Å². The summed E-state index contributed by atoms with van der Waals surface area (Å²) in [6.07, 6.45) is 3.24. The molecule has 4 atom stereocenters. The van der Waals surface area contributed by atoms with Gasteiger partial charge in [0.1, 0.15) is 24.1 Å². The van der Waals surface area contributed by atoms with Gasteiger partial charge in [0, 0.05) is 36.2 Å². The molecule has 1 aromatic heterocycles. The number of anilines is 2. The average Bonchev–Trinajstić information content (AvgIpc) is 3.10. The van der Waals surface area contributed by atoms with E-state index in [1.165, 1.54) is 6.33 Å². The van der Waals surface area contributed by atoms with Crippen LogP contribution in [0.3, 0.4) is 0 Å². The molecule has 36 heavy (non-hydrogen) atoms. The normalized spacial score (nSPS) is 23.8. The molecule has 10 heteroatoms. The molecule has 4 heterocycles. The lowest BCUT2D eigenvalue weighted by molar-refractivity contribution is -0.134. The third-order valence-corrected chi connectivity index (χ3v) is 7.62. The van der Waals surface area contributed by atoms with Gasteiger partial charge in [-0.05, 0) is 50.4 Å². The van der Waals surface area contributed by atoms with Gasteiger partial charge in [-0.25, -0.2) is 14.8 Å². The number of carbonyl (C=O) groups excluding carboxylic acids is 2. The molecule has 2 aromatic rings. The van der Waals surface area contributed by atoms with Crippen molar-refractivity contribution in [3.05, 3.63) is 46.7 Å². The molecule has 5 rings (SSSR count). The number of carbonyl (C=O) groups is 2. The third-order valence-electron chi connectivity index (χ3n) is 7.37. The van der Waals surface area contributed by atoms with Crippen LogP contribution < -0.4 is 15.5 Å². The first-order chi connectivity index (χ1) is 17.3. The van der Waals surface area contributed by atoms with Crippen molar-refractivity contribution >= 4 is 35.2 Å². The van der Waals surface area contributed by atoms with Gasteiger partial charge in [0.25, 0.3) is 0 Å². The van der Waals surface area contributed by atoms with E-state index in [9.17, 15) is 9.59 Å². The zero-order valence-corrected chi connectivity index (χ0v) is 21.7. The van der Waals surface area contributed by atoms with Gasteiger partial charge >= 0.3 is 6.09 Å². The summed E-state index contributed by atoms with van der Waals surface area (Å²) < 4.78 is 5.40. The molecule has 0 radical (unpaired) electrons. The van der Waals surface area contributed by atoms with Gasteiger partial charge in [0.15, 0.2) is 0 Å². The minimum absolute atomic E-state index is 0.149. The van der Waals surface area contributed by atoms with Crippen molar-refractivity contribution < 1.29 is 14.3 Å². The van der Waals surface area contributed by atoms with Gasteiger partial charge in [-0.2, -0.15) is 0 Å². The predicted molar refractivity (Wildman–Crippen MR) is 138 cm³/mol. The van der Waals surface area contributed by atoms with Crippen molar-refractivity contribution in [3.63, 3.8) is 0 Å². The number of hydrogen-bond acceptors (Lipinski definition) is 7. The lowest BCUT2D eigenvalue weighted by Gasteiger charge is -2.44. The van der Waals surface area contributed by atoms with Crippen LogP contribution in [-0.2, 0) is 9.53 Å². The lowest BCUT2D eigenvalue weighted by atomic mass is 9.93. The quantitative estimate of drug-likeness (QED) is 0.576. The number of fused-ring (bicyclic) bond motifs is 3. The highest BCUT2D eigenvalue weighted by Gasteiger charge is 2.45. The molecule has 192 valence electrons. The maximum absolute atomic E-state index is 13.9. The maximum Gasteiger partial charge on any atom is 0.413 e. The molecule has 0 aliphatic carbocycles. The van der Waals surface area contributed by atoms with E-state index in [0.29, 0.717) is 30.0 Å². The van der Waals surface area contributed by atoms with E-state index in [1.807, 2.05) is 36.1 Å². The van der Waals surface area contributed by atoms with Crippen molar-refractivity contribution in [1.29, 1.82) is 0 Å². The van der Waals surface area contributed by atoms with Crippen LogP contribution in [0.1, 0.15) is 63.2 Å². The number of piperazine rings is 1. The van der Waals surface area contributed by atoms with Crippen molar-refractivity contribution in [2.75, 3.05) is 29.9 Å². The number of hydrogen-bond donors (Lipinski definition) is 2. The van der Waals surface area contributed by atoms with Crippen LogP contribution in [-0.4, -0.2) is 64.6 Å². The number of cyclic esters (lactones) is 1. The number of halogens is 1. The molecule has 3 aliphatic rings. The van der Waals surface area contributed by atoms with Crippen molar-refractivity contribution in [1.82, 2.24) is 20.2 Å². The summed E-state index contributed by atoms with van der Waals surface area (Å²) in [6.45, 7) is 8.10. The summed E-state index contributed by atoms with van der Waals surface area (Å²) in [5, 5.41) is 6.81. The highest BCUT2D eigenvalue weighted by molar-refractivity contribution is 6.30. The van der Waals surface area contributed by atoms with Gasteiger partial charge in [-0.3, -0.25) is 10.1 Å². The fourth-order valence-corrected chi connectivity index (χ4v) is 5.83. The van der Waals surface area contributed by atoms with E-state index in [4.69, 9.17) is 16.3 Å². The molecular weight excluding hydrogens is 480 g/mol. The number of nitrogens with one attached hydrogen (secondary N) is 2. The molecule has 1 aromatic carbocycles. The molecule has 2 amide bonds. The molecule has 9 nitrogen and oxygen atoms in total. The maximum atomic E-state index is 13.9. The molecular formula is C26H33ClN6O3. The van der Waals surface area contributed by atoms with E-state index in [1.54, 1.807) is 0 Å². The second-order valence-electron chi connectivity index (χ2n) is 10.2. The molecule has 3 aliphatic heterocycles. The molecule has 0 spiro atoms. The Labute approximate surface area is 216 Å². The Kier molecular flexibility index (Phi) is 7.03. The fourth-order valence-electron chi connectivity index (χ4n) is 5.70. The fraction of sp³-hybridized carbons (Fsp3) is 0.538. The SMILES string of the molecule is CC(C)NCC[C@@H](C(=O)N1CC2CCC(C1)N2c1ncnc2c1[C@H](C)OC(=O)N2)c1ccc(Cl)cc1. The van der Waals surface area contributed by atoms with Crippen molar-refractivity contribution in [3.8, 4) is 0 Å². The first-order valence-electron chi connectivity index (χ1n) is 12.7. The molecule has 2 fully saturated rings. The largest absolute Gasteiger partial charge is 0.441 e. The minimum Gasteiger partial charge on any atom is -0.441 e. The summed E-state index contributed by atoms with van der Waals surface area (Å²) in [6, 6.07) is 8.30. The van der Waals surface area contributed by atoms with Gasteiger partial charge in [0.2, 0.25) is 5.91 Å². The van der Waals surface area contributed by atoms with E-state index in [-0.39, 0.29) is 23.9 Å². The number of nitrogens with zero attached hydrogens (tertiary/aromatic N) is 4. The summed E-state index contributed by atoms with van der Waals surface area (Å²) >= 11 is 6.12. The second kappa shape index (κ2) is 10.2. The number of likely N-dealkylation sites (tertiary alicyclic amines) is 1. The third kappa shape index (κ3) is 4.86. The number of ether oxygens (including phenoxy) is 1. The van der Waals surface area contributed by atoms with Crippen LogP contribution in [0.25, 0.3) is 0 Å². The van der Waals surface area contributed by atoms with Crippen LogP contribution in [0.5, 0.6) is 0 Å². The number of rotatable bonds is 7. The molecule has 2 N–H and O–H groups in total. The summed E-state index contributed by atoms with van der Waals surface area (Å²) in [5.41, 5.74) is 1.80.